The van der Waals surface area contributed by atoms with Crippen LogP contribution in [-0.2, 0) is 4.74 Å². The molecule has 0 radical (unpaired) electrons. The zero-order valence-corrected chi connectivity index (χ0v) is 19.4. The number of carboxylic acids is 1. The number of hydrogen-bond donors (Lipinski definition) is 1. The lowest BCUT2D eigenvalue weighted by molar-refractivity contribution is -0.228. The van der Waals surface area contributed by atoms with Crippen molar-refractivity contribution in [3.8, 4) is 5.69 Å². The summed E-state index contributed by atoms with van der Waals surface area (Å²) in [7, 11) is 0. The number of hydrogen-bond acceptors (Lipinski definition) is 6. The lowest BCUT2D eigenvalue weighted by Crippen LogP contribution is -2.73. The molecule has 0 bridgehead atoms. The van der Waals surface area contributed by atoms with Gasteiger partial charge in [0.25, 0.3) is 0 Å². The summed E-state index contributed by atoms with van der Waals surface area (Å²) in [6.07, 6.45) is 5.82. The minimum atomic E-state index is -1.06. The summed E-state index contributed by atoms with van der Waals surface area (Å²) < 4.78 is 20.9. The average Bonchev–Trinajstić information content (AvgIpc) is 3.19. The minimum Gasteiger partial charge on any atom is -0.477 e. The van der Waals surface area contributed by atoms with E-state index in [1.54, 1.807) is 22.9 Å². The van der Waals surface area contributed by atoms with Crippen LogP contribution in [0.25, 0.3) is 16.7 Å². The average molecular weight is 478 g/mol. The smallest absolute Gasteiger partial charge is 0.354 e. The molecule has 8 nitrogen and oxygen atoms in total. The Morgan fingerprint density at radius 2 is 1.89 bits per heavy atom. The van der Waals surface area contributed by atoms with Gasteiger partial charge >= 0.3 is 5.97 Å². The first-order valence-electron chi connectivity index (χ1n) is 12.6. The van der Waals surface area contributed by atoms with Gasteiger partial charge < -0.3 is 14.7 Å². The van der Waals surface area contributed by atoms with Crippen LogP contribution in [0.4, 0.5) is 10.1 Å². The van der Waals surface area contributed by atoms with Crippen LogP contribution >= 0.6 is 0 Å². The Labute approximate surface area is 202 Å². The lowest BCUT2D eigenvalue weighted by Gasteiger charge is -2.58. The number of carboxylic acid groups (broad SMARTS) is 1. The van der Waals surface area contributed by atoms with Gasteiger partial charge in [0.2, 0.25) is 0 Å². The van der Waals surface area contributed by atoms with Gasteiger partial charge in [-0.05, 0) is 56.0 Å². The van der Waals surface area contributed by atoms with Gasteiger partial charge in [0.15, 0.2) is 11.3 Å². The Hall–Kier alpha value is -3.04. The monoisotopic (exact) mass is 477 g/mol. The molecule has 3 aromatic rings. The third-order valence-corrected chi connectivity index (χ3v) is 8.43. The first kappa shape index (κ1) is 21.3. The molecule has 1 saturated carbocycles. The van der Waals surface area contributed by atoms with Gasteiger partial charge in [-0.15, -0.1) is 0 Å². The van der Waals surface area contributed by atoms with E-state index in [9.17, 15) is 14.3 Å². The summed E-state index contributed by atoms with van der Waals surface area (Å²) in [5, 5.41) is 15.8. The topological polar surface area (TPSA) is 83.7 Å². The molecule has 1 N–H and O–H groups in total. The second-order valence-electron chi connectivity index (χ2n) is 10.3. The highest BCUT2D eigenvalue weighted by molar-refractivity contribution is 5.98. The highest BCUT2D eigenvalue weighted by atomic mass is 19.1. The Morgan fingerprint density at radius 1 is 1.11 bits per heavy atom. The number of rotatable bonds is 5. The fourth-order valence-electron chi connectivity index (χ4n) is 6.08. The summed E-state index contributed by atoms with van der Waals surface area (Å²) in [5.41, 5.74) is 3.11. The van der Waals surface area contributed by atoms with Gasteiger partial charge in [-0.3, -0.25) is 4.90 Å². The number of likely N-dealkylation sites (tertiary alicyclic amines) is 1. The number of carbonyl (C=O) groups is 1. The quantitative estimate of drug-likeness (QED) is 0.601. The van der Waals surface area contributed by atoms with Crippen LogP contribution in [0, 0.1) is 5.82 Å². The summed E-state index contributed by atoms with van der Waals surface area (Å²) in [5.74, 6) is -1.05. The first-order valence-corrected chi connectivity index (χ1v) is 12.6. The summed E-state index contributed by atoms with van der Waals surface area (Å²) in [6, 6.07) is 8.99. The summed E-state index contributed by atoms with van der Waals surface area (Å²) >= 11 is 0. The molecule has 0 spiro atoms. The number of halogens is 1. The molecule has 2 atom stereocenters. The zero-order valence-electron chi connectivity index (χ0n) is 19.4. The van der Waals surface area contributed by atoms with Crippen molar-refractivity contribution < 1.29 is 19.0 Å². The maximum absolute atomic E-state index is 13.6. The third-order valence-electron chi connectivity index (χ3n) is 8.43. The van der Waals surface area contributed by atoms with Crippen molar-refractivity contribution in [1.82, 2.24) is 19.7 Å². The van der Waals surface area contributed by atoms with Crippen LogP contribution in [0.2, 0.25) is 0 Å². The largest absolute Gasteiger partial charge is 0.477 e. The van der Waals surface area contributed by atoms with Gasteiger partial charge in [-0.1, -0.05) is 6.42 Å². The van der Waals surface area contributed by atoms with Gasteiger partial charge in [0.05, 0.1) is 41.2 Å². The number of fused-ring (bicyclic) bond motifs is 2. The van der Waals surface area contributed by atoms with E-state index in [2.05, 4.69) is 14.8 Å². The third kappa shape index (κ3) is 3.36. The molecule has 2 unspecified atom stereocenters. The van der Waals surface area contributed by atoms with Crippen molar-refractivity contribution >= 4 is 22.7 Å². The molecule has 9 heteroatoms. The number of anilines is 1. The molecule has 7 rings (SSSR count). The Kier molecular flexibility index (Phi) is 4.86. The van der Waals surface area contributed by atoms with Crippen molar-refractivity contribution in [2.45, 2.75) is 56.2 Å². The number of nitrogens with zero attached hydrogens (tertiary/aromatic N) is 5. The fraction of sp³-hybridized carbons (Fsp3) is 0.500. The van der Waals surface area contributed by atoms with Gasteiger partial charge in [-0.25, -0.2) is 18.9 Å². The van der Waals surface area contributed by atoms with Crippen LogP contribution in [0.15, 0.2) is 30.3 Å². The summed E-state index contributed by atoms with van der Waals surface area (Å²) in [6.45, 7) is 3.62. The molecule has 1 aromatic carbocycles. The zero-order chi connectivity index (χ0) is 23.7. The van der Waals surface area contributed by atoms with Crippen molar-refractivity contribution in [1.29, 1.82) is 0 Å². The Morgan fingerprint density at radius 3 is 2.46 bits per heavy atom. The number of pyridine rings is 1. The van der Waals surface area contributed by atoms with Crippen molar-refractivity contribution in [2.24, 2.45) is 0 Å². The molecule has 35 heavy (non-hydrogen) atoms. The van der Waals surface area contributed by atoms with E-state index in [0.29, 0.717) is 35.4 Å². The van der Waals surface area contributed by atoms with Crippen molar-refractivity contribution in [2.75, 3.05) is 31.1 Å². The number of aromatic nitrogens is 3. The maximum Gasteiger partial charge on any atom is 0.354 e. The molecule has 1 aliphatic carbocycles. The first-order chi connectivity index (χ1) is 17.1. The highest BCUT2D eigenvalue weighted by Crippen LogP contribution is 2.43. The van der Waals surface area contributed by atoms with E-state index in [1.165, 1.54) is 18.6 Å². The minimum absolute atomic E-state index is 0.00949. The predicted molar refractivity (Wildman–Crippen MR) is 128 cm³/mol. The van der Waals surface area contributed by atoms with Crippen LogP contribution in [0.1, 0.15) is 54.2 Å². The van der Waals surface area contributed by atoms with Gasteiger partial charge in [0.1, 0.15) is 5.82 Å². The van der Waals surface area contributed by atoms with E-state index in [4.69, 9.17) is 9.84 Å². The number of aromatic carboxylic acids is 1. The molecular weight excluding hydrogens is 449 g/mol. The number of piperidine rings is 1. The highest BCUT2D eigenvalue weighted by Gasteiger charge is 2.50. The van der Waals surface area contributed by atoms with Crippen LogP contribution in [0.3, 0.4) is 0 Å². The molecule has 4 aliphatic rings. The Bertz CT molecular complexity index is 1300. The van der Waals surface area contributed by atoms with Crippen LogP contribution in [-0.4, -0.2) is 75.2 Å². The van der Waals surface area contributed by atoms with E-state index in [-0.39, 0.29) is 11.5 Å². The second-order valence-corrected chi connectivity index (χ2v) is 10.3. The molecule has 182 valence electrons. The van der Waals surface area contributed by atoms with E-state index in [1.807, 2.05) is 0 Å². The maximum atomic E-state index is 13.6. The molecule has 2 aromatic heterocycles. The van der Waals surface area contributed by atoms with Crippen LogP contribution < -0.4 is 4.90 Å². The Balaban J connectivity index is 1.30. The molecular formula is C26H28FN5O3. The number of morpholine rings is 1. The molecule has 3 saturated heterocycles. The normalized spacial score (nSPS) is 25.1. The molecule has 5 heterocycles. The molecule has 3 aliphatic heterocycles. The van der Waals surface area contributed by atoms with Crippen molar-refractivity contribution in [3.05, 3.63) is 47.5 Å². The fourth-order valence-corrected chi connectivity index (χ4v) is 6.08. The summed E-state index contributed by atoms with van der Waals surface area (Å²) in [4.78, 5) is 21.5. The number of benzene rings is 1. The standard InChI is InChI=1S/C26H28FN5O3/c27-16-4-6-18(7-5-16)32-25-23(24(29-32)15-2-1-3-15)20(12-19(28-25)26(33)34)30-10-8-17(9-11-30)31-13-22-21(31)14-35-22/h4-7,12,15,17,21-22H,1-3,8-11,13-14H2,(H,33,34). The van der Waals surface area contributed by atoms with E-state index in [0.717, 1.165) is 68.7 Å². The van der Waals surface area contributed by atoms with Crippen LogP contribution in [0.5, 0.6) is 0 Å². The van der Waals surface area contributed by atoms with E-state index < -0.39 is 5.97 Å². The SMILES string of the molecule is O=C(O)c1cc(N2CCC(N3CC4OCC43)CC2)c2c(C3CCC3)nn(-c3ccc(F)cc3)c2n1. The molecule has 0 amide bonds. The predicted octanol–water partition coefficient (Wildman–Crippen LogP) is 3.58. The van der Waals surface area contributed by atoms with Crippen molar-refractivity contribution in [3.63, 3.8) is 0 Å². The van der Waals surface area contributed by atoms with Gasteiger partial charge in [0, 0.05) is 31.6 Å². The molecule has 4 fully saturated rings. The van der Waals surface area contributed by atoms with Gasteiger partial charge in [-0.2, -0.15) is 5.10 Å². The number of ether oxygens (including phenoxy) is 1. The van der Waals surface area contributed by atoms with E-state index >= 15 is 0 Å². The lowest BCUT2D eigenvalue weighted by atomic mass is 9.81. The second kappa shape index (κ2) is 7.99.